The maximum Gasteiger partial charge on any atom is 0.231 e. The highest BCUT2D eigenvalue weighted by atomic mass is 16.5. The molecule has 0 aromatic carbocycles. The Labute approximate surface area is 90.7 Å². The lowest BCUT2D eigenvalue weighted by Gasteiger charge is -2.11. The molecule has 3 heteroatoms. The molecular formula is C12H16N2O. The highest BCUT2D eigenvalue weighted by molar-refractivity contribution is 5.40. The van der Waals surface area contributed by atoms with Gasteiger partial charge in [-0.2, -0.15) is 5.26 Å². The number of aromatic nitrogens is 1. The normalized spacial score (nSPS) is 10.5. The Balaban J connectivity index is 3.05. The molecule has 0 amide bonds. The fourth-order valence-electron chi connectivity index (χ4n) is 1.18. The molecule has 1 aromatic rings. The van der Waals surface area contributed by atoms with Gasteiger partial charge in [-0.3, -0.25) is 0 Å². The third kappa shape index (κ3) is 2.95. The number of ether oxygens (including phenoxy) is 1. The maximum atomic E-state index is 8.97. The molecule has 0 aliphatic rings. The van der Waals surface area contributed by atoms with Gasteiger partial charge < -0.3 is 4.74 Å². The predicted octanol–water partition coefficient (Wildman–Crippen LogP) is 2.86. The van der Waals surface area contributed by atoms with Crippen LogP contribution in [-0.2, 0) is 0 Å². The Morgan fingerprint density at radius 1 is 1.33 bits per heavy atom. The number of pyridine rings is 1. The highest BCUT2D eigenvalue weighted by Gasteiger charge is 2.09. The molecule has 1 heterocycles. The van der Waals surface area contributed by atoms with Gasteiger partial charge in [0.1, 0.15) is 11.6 Å². The van der Waals surface area contributed by atoms with E-state index in [1.807, 2.05) is 19.9 Å². The Morgan fingerprint density at radius 3 is 2.47 bits per heavy atom. The fraction of sp³-hybridized carbons (Fsp3) is 0.500. The van der Waals surface area contributed by atoms with Gasteiger partial charge in [-0.25, -0.2) is 4.98 Å². The number of nitrogens with zero attached hydrogens (tertiary/aromatic N) is 2. The van der Waals surface area contributed by atoms with Gasteiger partial charge in [0.15, 0.2) is 0 Å². The first-order valence-corrected chi connectivity index (χ1v) is 5.11. The van der Waals surface area contributed by atoms with Crippen LogP contribution in [0.5, 0.6) is 5.88 Å². The van der Waals surface area contributed by atoms with Crippen molar-refractivity contribution in [2.24, 2.45) is 0 Å². The van der Waals surface area contributed by atoms with E-state index in [2.05, 4.69) is 24.9 Å². The average molecular weight is 204 g/mol. The zero-order valence-corrected chi connectivity index (χ0v) is 9.61. The van der Waals surface area contributed by atoms with Crippen molar-refractivity contribution >= 4 is 0 Å². The van der Waals surface area contributed by atoms with Crippen LogP contribution in [0.3, 0.4) is 0 Å². The summed E-state index contributed by atoms with van der Waals surface area (Å²) in [6.07, 6.45) is 1.80. The summed E-state index contributed by atoms with van der Waals surface area (Å²) in [6, 6.07) is 3.95. The summed E-state index contributed by atoms with van der Waals surface area (Å²) in [5.41, 5.74) is 1.57. The first kappa shape index (κ1) is 11.5. The van der Waals surface area contributed by atoms with E-state index in [4.69, 9.17) is 10.00 Å². The van der Waals surface area contributed by atoms with Crippen molar-refractivity contribution in [2.75, 3.05) is 0 Å². The number of hydrogen-bond donors (Lipinski definition) is 0. The lowest BCUT2D eigenvalue weighted by Crippen LogP contribution is -2.08. The van der Waals surface area contributed by atoms with Crippen LogP contribution in [0.1, 0.15) is 44.7 Å². The number of rotatable bonds is 3. The lowest BCUT2D eigenvalue weighted by atomic mass is 10.0. The van der Waals surface area contributed by atoms with Crippen LogP contribution < -0.4 is 4.74 Å². The SMILES string of the molecule is CC(C)Oc1ncc(C(C)C)cc1C#N. The number of hydrogen-bond acceptors (Lipinski definition) is 3. The summed E-state index contributed by atoms with van der Waals surface area (Å²) in [6.45, 7) is 7.97. The summed E-state index contributed by atoms with van der Waals surface area (Å²) >= 11 is 0. The fourth-order valence-corrected chi connectivity index (χ4v) is 1.18. The number of nitriles is 1. The molecule has 0 aliphatic heterocycles. The third-order valence-electron chi connectivity index (χ3n) is 2.01. The van der Waals surface area contributed by atoms with Crippen LogP contribution in [0.2, 0.25) is 0 Å². The third-order valence-corrected chi connectivity index (χ3v) is 2.01. The topological polar surface area (TPSA) is 45.9 Å². The van der Waals surface area contributed by atoms with Crippen molar-refractivity contribution in [3.8, 4) is 11.9 Å². The van der Waals surface area contributed by atoms with E-state index in [-0.39, 0.29) is 6.10 Å². The van der Waals surface area contributed by atoms with Crippen LogP contribution >= 0.6 is 0 Å². The molecule has 0 aliphatic carbocycles. The van der Waals surface area contributed by atoms with Gasteiger partial charge in [-0.05, 0) is 31.4 Å². The Morgan fingerprint density at radius 2 is 2.00 bits per heavy atom. The molecule has 1 aromatic heterocycles. The van der Waals surface area contributed by atoms with E-state index in [0.29, 0.717) is 17.4 Å². The van der Waals surface area contributed by atoms with Gasteiger partial charge in [0, 0.05) is 6.20 Å². The molecule has 80 valence electrons. The molecule has 1 rings (SSSR count). The molecule has 0 spiro atoms. The summed E-state index contributed by atoms with van der Waals surface area (Å²) in [5, 5.41) is 8.97. The summed E-state index contributed by atoms with van der Waals surface area (Å²) < 4.78 is 5.44. The van der Waals surface area contributed by atoms with Crippen LogP contribution in [0.15, 0.2) is 12.3 Å². The van der Waals surface area contributed by atoms with Gasteiger partial charge >= 0.3 is 0 Å². The first-order valence-electron chi connectivity index (χ1n) is 5.11. The lowest BCUT2D eigenvalue weighted by molar-refractivity contribution is 0.231. The maximum absolute atomic E-state index is 8.97. The largest absolute Gasteiger partial charge is 0.474 e. The van der Waals surface area contributed by atoms with Crippen LogP contribution in [0, 0.1) is 11.3 Å². The Hall–Kier alpha value is -1.56. The Bertz CT molecular complexity index is 378. The van der Waals surface area contributed by atoms with Gasteiger partial charge in [-0.15, -0.1) is 0 Å². The van der Waals surface area contributed by atoms with Crippen molar-refractivity contribution in [1.82, 2.24) is 4.98 Å². The van der Waals surface area contributed by atoms with Gasteiger partial charge in [-0.1, -0.05) is 13.8 Å². The molecule has 0 saturated carbocycles. The molecule has 0 fully saturated rings. The van der Waals surface area contributed by atoms with E-state index < -0.39 is 0 Å². The summed E-state index contributed by atoms with van der Waals surface area (Å²) in [4.78, 5) is 4.17. The van der Waals surface area contributed by atoms with Crippen molar-refractivity contribution in [3.05, 3.63) is 23.4 Å². The van der Waals surface area contributed by atoms with Crippen molar-refractivity contribution in [1.29, 1.82) is 5.26 Å². The van der Waals surface area contributed by atoms with Gasteiger partial charge in [0.25, 0.3) is 0 Å². The van der Waals surface area contributed by atoms with Crippen molar-refractivity contribution in [3.63, 3.8) is 0 Å². The second kappa shape index (κ2) is 4.79. The van der Waals surface area contributed by atoms with E-state index in [1.165, 1.54) is 0 Å². The smallest absolute Gasteiger partial charge is 0.231 e. The van der Waals surface area contributed by atoms with E-state index in [1.54, 1.807) is 6.20 Å². The minimum absolute atomic E-state index is 0.0366. The van der Waals surface area contributed by atoms with Crippen molar-refractivity contribution < 1.29 is 4.74 Å². The molecule has 0 radical (unpaired) electrons. The molecular weight excluding hydrogens is 188 g/mol. The zero-order valence-electron chi connectivity index (χ0n) is 9.61. The quantitative estimate of drug-likeness (QED) is 0.760. The molecule has 0 unspecified atom stereocenters. The van der Waals surface area contributed by atoms with E-state index in [9.17, 15) is 0 Å². The molecule has 3 nitrogen and oxygen atoms in total. The monoisotopic (exact) mass is 204 g/mol. The molecule has 0 bridgehead atoms. The molecule has 0 atom stereocenters. The van der Waals surface area contributed by atoms with E-state index >= 15 is 0 Å². The molecule has 0 N–H and O–H groups in total. The van der Waals surface area contributed by atoms with Gasteiger partial charge in [0.05, 0.1) is 6.10 Å². The highest BCUT2D eigenvalue weighted by Crippen LogP contribution is 2.21. The minimum Gasteiger partial charge on any atom is -0.474 e. The Kier molecular flexibility index (Phi) is 3.68. The standard InChI is InChI=1S/C12H16N2O/c1-8(2)11-5-10(6-13)12(14-7-11)15-9(3)4/h5,7-9H,1-4H3. The summed E-state index contributed by atoms with van der Waals surface area (Å²) in [7, 11) is 0. The van der Waals surface area contributed by atoms with Crippen LogP contribution in [0.4, 0.5) is 0 Å². The first-order chi connectivity index (χ1) is 7.04. The second-order valence-electron chi connectivity index (χ2n) is 4.05. The van der Waals surface area contributed by atoms with Crippen LogP contribution in [-0.4, -0.2) is 11.1 Å². The van der Waals surface area contributed by atoms with Gasteiger partial charge in [0.2, 0.25) is 5.88 Å². The zero-order chi connectivity index (χ0) is 11.4. The second-order valence-corrected chi connectivity index (χ2v) is 4.05. The van der Waals surface area contributed by atoms with Crippen LogP contribution in [0.25, 0.3) is 0 Å². The summed E-state index contributed by atoms with van der Waals surface area (Å²) in [5.74, 6) is 0.801. The molecule has 15 heavy (non-hydrogen) atoms. The average Bonchev–Trinajstić information content (AvgIpc) is 2.17. The van der Waals surface area contributed by atoms with E-state index in [0.717, 1.165) is 5.56 Å². The van der Waals surface area contributed by atoms with Crippen molar-refractivity contribution in [2.45, 2.75) is 39.7 Å². The predicted molar refractivity (Wildman–Crippen MR) is 58.8 cm³/mol. The minimum atomic E-state index is 0.0366. The molecule has 0 saturated heterocycles.